The van der Waals surface area contributed by atoms with Gasteiger partial charge in [-0.2, -0.15) is 0 Å². The molecule has 3 nitrogen and oxygen atoms in total. The van der Waals surface area contributed by atoms with Crippen molar-refractivity contribution >= 4 is 22.8 Å². The minimum atomic E-state index is -0.238. The Bertz CT molecular complexity index is 804. The first-order valence-corrected chi connectivity index (χ1v) is 9.48. The van der Waals surface area contributed by atoms with Gasteiger partial charge in [-0.05, 0) is 38.1 Å². The van der Waals surface area contributed by atoms with E-state index in [1.165, 1.54) is 0 Å². The highest BCUT2D eigenvalue weighted by Gasteiger charge is 2.24. The minimum Gasteiger partial charge on any atom is -0.354 e. The van der Waals surface area contributed by atoms with E-state index in [1.54, 1.807) is 0 Å². The first-order chi connectivity index (χ1) is 12.3. The predicted molar refractivity (Wildman–Crippen MR) is 118 cm³/mol. The number of benzene rings is 2. The van der Waals surface area contributed by atoms with E-state index in [4.69, 9.17) is 10.8 Å². The third-order valence-electron chi connectivity index (χ3n) is 4.66. The zero-order valence-electron chi connectivity index (χ0n) is 18.0. The third kappa shape index (κ3) is 4.85. The molecular weight excluding hydrogens is 330 g/mol. The Morgan fingerprint density at radius 3 is 1.30 bits per heavy atom. The fourth-order valence-corrected chi connectivity index (χ4v) is 2.90. The van der Waals surface area contributed by atoms with Crippen LogP contribution in [0.2, 0.25) is 0 Å². The molecule has 3 heteroatoms. The molecule has 0 spiro atoms. The molecule has 0 aliphatic heterocycles. The summed E-state index contributed by atoms with van der Waals surface area (Å²) in [5, 5.41) is 20.9. The van der Waals surface area contributed by atoms with Gasteiger partial charge in [0.25, 0.3) is 0 Å². The van der Waals surface area contributed by atoms with Gasteiger partial charge in [0, 0.05) is 44.8 Å². The van der Waals surface area contributed by atoms with Gasteiger partial charge in [0.15, 0.2) is 0 Å². The SMILES string of the molecule is Cc1ccc(Nc2ccc(C)cc2C(=N)C(C)(C)C)c(C(=N)C(C)(C)C)c1. The summed E-state index contributed by atoms with van der Waals surface area (Å²) in [6, 6.07) is 12.3. The summed E-state index contributed by atoms with van der Waals surface area (Å²) in [5.41, 5.74) is 6.65. The van der Waals surface area contributed by atoms with Crippen LogP contribution in [-0.4, -0.2) is 11.4 Å². The van der Waals surface area contributed by atoms with Gasteiger partial charge in [-0.15, -0.1) is 0 Å². The van der Waals surface area contributed by atoms with Gasteiger partial charge in [-0.25, -0.2) is 0 Å². The summed E-state index contributed by atoms with van der Waals surface area (Å²) >= 11 is 0. The minimum absolute atomic E-state index is 0.238. The van der Waals surface area contributed by atoms with Crippen molar-refractivity contribution in [2.24, 2.45) is 10.8 Å². The molecule has 0 fully saturated rings. The Balaban J connectivity index is 2.56. The molecular formula is C24H33N3. The molecule has 0 bridgehead atoms. The lowest BCUT2D eigenvalue weighted by atomic mass is 9.83. The Kier molecular flexibility index (Phi) is 5.65. The molecule has 2 aromatic carbocycles. The standard InChI is InChI=1S/C24H33N3/c1-15-9-11-19(17(13-15)21(25)23(3,4)5)27-20-12-10-16(2)14-18(20)22(26)24(6,7)8/h9-14,25-27H,1-8H3. The lowest BCUT2D eigenvalue weighted by Gasteiger charge is -2.25. The van der Waals surface area contributed by atoms with Gasteiger partial charge in [0.2, 0.25) is 0 Å². The lowest BCUT2D eigenvalue weighted by Crippen LogP contribution is -2.23. The van der Waals surface area contributed by atoms with Crippen LogP contribution in [0.4, 0.5) is 11.4 Å². The first kappa shape index (κ1) is 20.9. The summed E-state index contributed by atoms with van der Waals surface area (Å²) in [4.78, 5) is 0. The fourth-order valence-electron chi connectivity index (χ4n) is 2.90. The first-order valence-electron chi connectivity index (χ1n) is 9.48. The maximum Gasteiger partial charge on any atom is 0.0476 e. The topological polar surface area (TPSA) is 59.7 Å². The zero-order chi connectivity index (χ0) is 20.6. The van der Waals surface area contributed by atoms with E-state index in [1.807, 2.05) is 12.1 Å². The Morgan fingerprint density at radius 2 is 1.00 bits per heavy atom. The van der Waals surface area contributed by atoms with Crippen LogP contribution >= 0.6 is 0 Å². The van der Waals surface area contributed by atoms with Crippen molar-refractivity contribution in [3.63, 3.8) is 0 Å². The molecule has 0 heterocycles. The largest absolute Gasteiger partial charge is 0.354 e. The van der Waals surface area contributed by atoms with Gasteiger partial charge in [-0.3, -0.25) is 0 Å². The average molecular weight is 364 g/mol. The molecule has 2 rings (SSSR count). The molecule has 0 saturated carbocycles. The van der Waals surface area contributed by atoms with E-state index in [-0.39, 0.29) is 10.8 Å². The Hall–Kier alpha value is -2.42. The lowest BCUT2D eigenvalue weighted by molar-refractivity contribution is 0.588. The second kappa shape index (κ2) is 7.30. The van der Waals surface area contributed by atoms with Gasteiger partial charge in [0.1, 0.15) is 0 Å². The molecule has 0 atom stereocenters. The van der Waals surface area contributed by atoms with Crippen LogP contribution in [0.25, 0.3) is 0 Å². The maximum absolute atomic E-state index is 8.67. The Morgan fingerprint density at radius 1 is 0.667 bits per heavy atom. The van der Waals surface area contributed by atoms with Crippen LogP contribution in [0, 0.1) is 35.5 Å². The van der Waals surface area contributed by atoms with Crippen LogP contribution < -0.4 is 5.32 Å². The van der Waals surface area contributed by atoms with Gasteiger partial charge in [-0.1, -0.05) is 64.8 Å². The summed E-state index contributed by atoms with van der Waals surface area (Å²) in [6.07, 6.45) is 0. The number of anilines is 2. The van der Waals surface area contributed by atoms with Crippen molar-refractivity contribution in [3.05, 3.63) is 58.7 Å². The van der Waals surface area contributed by atoms with Crippen LogP contribution in [0.15, 0.2) is 36.4 Å². The van der Waals surface area contributed by atoms with Crippen molar-refractivity contribution in [3.8, 4) is 0 Å². The van der Waals surface area contributed by atoms with E-state index in [9.17, 15) is 0 Å². The third-order valence-corrected chi connectivity index (χ3v) is 4.66. The van der Waals surface area contributed by atoms with Crippen molar-refractivity contribution in [2.45, 2.75) is 55.4 Å². The molecule has 0 radical (unpaired) electrons. The summed E-state index contributed by atoms with van der Waals surface area (Å²) in [6.45, 7) is 16.5. The molecule has 0 saturated heterocycles. The van der Waals surface area contributed by atoms with Crippen LogP contribution in [0.5, 0.6) is 0 Å². The maximum atomic E-state index is 8.67. The second-order valence-corrected chi connectivity index (χ2v) is 9.47. The Labute approximate surface area is 164 Å². The van der Waals surface area contributed by atoms with Gasteiger partial charge < -0.3 is 16.1 Å². The van der Waals surface area contributed by atoms with E-state index in [0.29, 0.717) is 11.4 Å². The molecule has 0 aliphatic rings. The van der Waals surface area contributed by atoms with Crippen molar-refractivity contribution in [2.75, 3.05) is 5.32 Å². The normalized spacial score (nSPS) is 12.0. The molecule has 27 heavy (non-hydrogen) atoms. The van der Waals surface area contributed by atoms with E-state index in [2.05, 4.69) is 85.0 Å². The molecule has 0 unspecified atom stereocenters. The van der Waals surface area contributed by atoms with Gasteiger partial charge in [0.05, 0.1) is 0 Å². The number of nitrogens with one attached hydrogen (secondary N) is 3. The number of aryl methyl sites for hydroxylation is 2. The zero-order valence-corrected chi connectivity index (χ0v) is 18.0. The molecule has 0 aliphatic carbocycles. The number of rotatable bonds is 4. The van der Waals surface area contributed by atoms with Crippen molar-refractivity contribution in [1.29, 1.82) is 10.8 Å². The van der Waals surface area contributed by atoms with E-state index in [0.717, 1.165) is 33.6 Å². The van der Waals surface area contributed by atoms with Crippen LogP contribution in [-0.2, 0) is 0 Å². The fraction of sp³-hybridized carbons (Fsp3) is 0.417. The van der Waals surface area contributed by atoms with Crippen LogP contribution in [0.1, 0.15) is 63.8 Å². The summed E-state index contributed by atoms with van der Waals surface area (Å²) in [7, 11) is 0. The summed E-state index contributed by atoms with van der Waals surface area (Å²) < 4.78 is 0. The smallest absolute Gasteiger partial charge is 0.0476 e. The number of hydrogen-bond donors (Lipinski definition) is 3. The van der Waals surface area contributed by atoms with Gasteiger partial charge >= 0.3 is 0 Å². The molecule has 0 amide bonds. The molecule has 0 aromatic heterocycles. The predicted octanol–water partition coefficient (Wildman–Crippen LogP) is 6.87. The number of hydrogen-bond acceptors (Lipinski definition) is 3. The highest BCUT2D eigenvalue weighted by molar-refractivity contribution is 6.09. The van der Waals surface area contributed by atoms with E-state index >= 15 is 0 Å². The highest BCUT2D eigenvalue weighted by Crippen LogP contribution is 2.32. The van der Waals surface area contributed by atoms with E-state index < -0.39 is 0 Å². The highest BCUT2D eigenvalue weighted by atomic mass is 14.9. The van der Waals surface area contributed by atoms with Crippen molar-refractivity contribution < 1.29 is 0 Å². The molecule has 2 aromatic rings. The average Bonchev–Trinajstić information content (AvgIpc) is 2.54. The molecule has 144 valence electrons. The molecule has 3 N–H and O–H groups in total. The monoisotopic (exact) mass is 363 g/mol. The van der Waals surface area contributed by atoms with Crippen LogP contribution in [0.3, 0.4) is 0 Å². The summed E-state index contributed by atoms with van der Waals surface area (Å²) in [5.74, 6) is 0. The quantitative estimate of drug-likeness (QED) is 0.510. The second-order valence-electron chi connectivity index (χ2n) is 9.47. The van der Waals surface area contributed by atoms with Crippen molar-refractivity contribution in [1.82, 2.24) is 0 Å².